The van der Waals surface area contributed by atoms with Gasteiger partial charge in [0.2, 0.25) is 5.84 Å². The first kappa shape index (κ1) is 7.66. The molecular formula is C5H8N4. The monoisotopic (exact) mass is 124 g/mol. The smallest absolute Gasteiger partial charge is 0.222 e. The molecule has 0 radical (unpaired) electrons. The second kappa shape index (κ2) is 3.64. The first-order chi connectivity index (χ1) is 4.26. The zero-order valence-corrected chi connectivity index (χ0v) is 5.20. The Balaban J connectivity index is 4.17. The molecule has 0 aliphatic rings. The summed E-state index contributed by atoms with van der Waals surface area (Å²) < 4.78 is 0. The molecule has 0 fully saturated rings. The van der Waals surface area contributed by atoms with Crippen molar-refractivity contribution in [1.82, 2.24) is 5.01 Å². The first-order valence-corrected chi connectivity index (χ1v) is 2.29. The van der Waals surface area contributed by atoms with Crippen LogP contribution in [0.2, 0.25) is 0 Å². The van der Waals surface area contributed by atoms with Gasteiger partial charge in [0, 0.05) is 13.2 Å². The maximum absolute atomic E-state index is 8.28. The van der Waals surface area contributed by atoms with E-state index in [4.69, 9.17) is 11.1 Å². The Bertz CT molecular complexity index is 164. The molecule has 0 saturated carbocycles. The lowest BCUT2D eigenvalue weighted by Gasteiger charge is -2.06. The predicted octanol–water partition coefficient (Wildman–Crippen LogP) is -0.143. The van der Waals surface area contributed by atoms with Gasteiger partial charge in [-0.1, -0.05) is 6.58 Å². The van der Waals surface area contributed by atoms with E-state index in [1.165, 1.54) is 13.2 Å². The second-order valence-corrected chi connectivity index (χ2v) is 1.25. The fraction of sp³-hybridized carbons (Fsp3) is 0.200. The lowest BCUT2D eigenvalue weighted by Crippen LogP contribution is -2.30. The highest BCUT2D eigenvalue weighted by Crippen LogP contribution is 1.80. The SMILES string of the molecule is C=CN(N)C(C#N)=NC. The Morgan fingerprint density at radius 3 is 2.67 bits per heavy atom. The number of rotatable bonds is 1. The zero-order chi connectivity index (χ0) is 7.28. The number of hydrazine groups is 1. The van der Waals surface area contributed by atoms with Crippen LogP contribution in [-0.4, -0.2) is 17.9 Å². The van der Waals surface area contributed by atoms with Crippen LogP contribution in [0.3, 0.4) is 0 Å². The summed E-state index contributed by atoms with van der Waals surface area (Å²) in [6.45, 7) is 3.35. The van der Waals surface area contributed by atoms with Gasteiger partial charge in [-0.2, -0.15) is 5.26 Å². The second-order valence-electron chi connectivity index (χ2n) is 1.25. The lowest BCUT2D eigenvalue weighted by atomic mass is 10.6. The molecule has 0 spiro atoms. The summed E-state index contributed by atoms with van der Waals surface area (Å²) in [5.41, 5.74) is 0. The van der Waals surface area contributed by atoms with Crippen LogP contribution in [0.4, 0.5) is 0 Å². The number of nitrogens with zero attached hydrogens (tertiary/aromatic N) is 3. The van der Waals surface area contributed by atoms with Crippen LogP contribution in [0.5, 0.6) is 0 Å². The molecule has 0 unspecified atom stereocenters. The summed E-state index contributed by atoms with van der Waals surface area (Å²) in [7, 11) is 1.49. The van der Waals surface area contributed by atoms with Gasteiger partial charge in [-0.15, -0.1) is 0 Å². The van der Waals surface area contributed by atoms with E-state index >= 15 is 0 Å². The third-order valence-electron chi connectivity index (χ3n) is 0.753. The van der Waals surface area contributed by atoms with Crippen LogP contribution in [-0.2, 0) is 0 Å². The highest BCUT2D eigenvalue weighted by molar-refractivity contribution is 5.96. The molecule has 0 aromatic heterocycles. The maximum atomic E-state index is 8.28. The van der Waals surface area contributed by atoms with Crippen LogP contribution in [0.1, 0.15) is 0 Å². The molecular weight excluding hydrogens is 116 g/mol. The summed E-state index contributed by atoms with van der Waals surface area (Å²) in [5.74, 6) is 5.34. The van der Waals surface area contributed by atoms with Gasteiger partial charge in [0.15, 0.2) is 0 Å². The quantitative estimate of drug-likeness (QED) is 0.229. The Morgan fingerprint density at radius 2 is 2.56 bits per heavy atom. The molecule has 0 aliphatic carbocycles. The topological polar surface area (TPSA) is 65.4 Å². The molecule has 4 heteroatoms. The van der Waals surface area contributed by atoms with Gasteiger partial charge < -0.3 is 0 Å². The van der Waals surface area contributed by atoms with E-state index in [1.807, 2.05) is 0 Å². The fourth-order valence-electron chi connectivity index (χ4n) is 0.310. The molecule has 0 atom stereocenters. The van der Waals surface area contributed by atoms with Crippen molar-refractivity contribution in [1.29, 1.82) is 5.26 Å². The molecule has 0 heterocycles. The van der Waals surface area contributed by atoms with Crippen molar-refractivity contribution in [2.75, 3.05) is 7.05 Å². The minimum atomic E-state index is 0.144. The van der Waals surface area contributed by atoms with Crippen LogP contribution in [0.15, 0.2) is 17.8 Å². The average Bonchev–Trinajstić information content (AvgIpc) is 1.90. The minimum Gasteiger partial charge on any atom is -0.262 e. The van der Waals surface area contributed by atoms with Gasteiger partial charge in [0.05, 0.1) is 0 Å². The summed E-state index contributed by atoms with van der Waals surface area (Å²) in [5, 5.41) is 9.33. The third kappa shape index (κ3) is 1.93. The molecule has 0 aromatic carbocycles. The molecule has 4 nitrogen and oxygen atoms in total. The fourth-order valence-corrected chi connectivity index (χ4v) is 0.310. The van der Waals surface area contributed by atoms with Crippen LogP contribution in [0.25, 0.3) is 0 Å². The van der Waals surface area contributed by atoms with Crippen molar-refractivity contribution in [3.63, 3.8) is 0 Å². The van der Waals surface area contributed by atoms with Gasteiger partial charge in [-0.05, 0) is 0 Å². The molecule has 0 saturated heterocycles. The Morgan fingerprint density at radius 1 is 2.00 bits per heavy atom. The van der Waals surface area contributed by atoms with Crippen molar-refractivity contribution in [2.24, 2.45) is 10.8 Å². The Labute approximate surface area is 53.9 Å². The highest BCUT2D eigenvalue weighted by Gasteiger charge is 1.97. The standard InChI is InChI=1S/C5H8N4/c1-3-9(7)5(4-6)8-2/h3H,1,7H2,2H3. The molecule has 9 heavy (non-hydrogen) atoms. The average molecular weight is 124 g/mol. The van der Waals surface area contributed by atoms with E-state index < -0.39 is 0 Å². The zero-order valence-electron chi connectivity index (χ0n) is 5.20. The van der Waals surface area contributed by atoms with E-state index in [0.717, 1.165) is 5.01 Å². The van der Waals surface area contributed by atoms with E-state index in [1.54, 1.807) is 6.07 Å². The molecule has 0 rings (SSSR count). The van der Waals surface area contributed by atoms with Crippen LogP contribution < -0.4 is 5.84 Å². The molecule has 0 aliphatic heterocycles. The summed E-state index contributed by atoms with van der Waals surface area (Å²) in [4.78, 5) is 3.56. The first-order valence-electron chi connectivity index (χ1n) is 2.29. The van der Waals surface area contributed by atoms with Crippen molar-refractivity contribution in [2.45, 2.75) is 0 Å². The van der Waals surface area contributed by atoms with Crippen LogP contribution in [0, 0.1) is 11.3 Å². The highest BCUT2D eigenvalue weighted by atomic mass is 15.4. The van der Waals surface area contributed by atoms with Gasteiger partial charge in [-0.25, -0.2) is 5.84 Å². The van der Waals surface area contributed by atoms with Gasteiger partial charge in [0.1, 0.15) is 6.07 Å². The molecule has 0 aromatic rings. The normalized spacial score (nSPS) is 10.1. The number of hydrogen-bond donors (Lipinski definition) is 1. The van der Waals surface area contributed by atoms with E-state index in [0.29, 0.717) is 0 Å². The predicted molar refractivity (Wildman–Crippen MR) is 35.2 cm³/mol. The molecule has 2 N–H and O–H groups in total. The summed E-state index contributed by atoms with van der Waals surface area (Å²) >= 11 is 0. The van der Waals surface area contributed by atoms with Crippen LogP contribution >= 0.6 is 0 Å². The van der Waals surface area contributed by atoms with E-state index in [-0.39, 0.29) is 5.84 Å². The summed E-state index contributed by atoms with van der Waals surface area (Å²) in [6, 6.07) is 1.78. The van der Waals surface area contributed by atoms with Crippen molar-refractivity contribution in [3.8, 4) is 6.07 Å². The Kier molecular flexibility index (Phi) is 3.09. The summed E-state index contributed by atoms with van der Waals surface area (Å²) in [6.07, 6.45) is 1.31. The van der Waals surface area contributed by atoms with E-state index in [9.17, 15) is 0 Å². The van der Waals surface area contributed by atoms with Gasteiger partial charge >= 0.3 is 0 Å². The van der Waals surface area contributed by atoms with Crippen molar-refractivity contribution >= 4 is 5.84 Å². The largest absolute Gasteiger partial charge is 0.262 e. The lowest BCUT2D eigenvalue weighted by molar-refractivity contribution is 0.602. The number of amidine groups is 1. The minimum absolute atomic E-state index is 0.144. The van der Waals surface area contributed by atoms with Gasteiger partial charge in [-0.3, -0.25) is 10.0 Å². The maximum Gasteiger partial charge on any atom is 0.222 e. The number of nitriles is 1. The van der Waals surface area contributed by atoms with Gasteiger partial charge in [0.25, 0.3) is 0 Å². The van der Waals surface area contributed by atoms with Crippen molar-refractivity contribution in [3.05, 3.63) is 12.8 Å². The number of nitrogens with two attached hydrogens (primary N) is 1. The van der Waals surface area contributed by atoms with Crippen molar-refractivity contribution < 1.29 is 0 Å². The van der Waals surface area contributed by atoms with E-state index in [2.05, 4.69) is 11.6 Å². The molecule has 0 bridgehead atoms. The number of hydrogen-bond acceptors (Lipinski definition) is 3. The molecule has 48 valence electrons. The number of aliphatic imine (C=N–C) groups is 1. The third-order valence-corrected chi connectivity index (χ3v) is 0.753. The molecule has 0 amide bonds. The Hall–Kier alpha value is -1.34.